The number of rotatable bonds is 20. The number of alkyl carbamates (subject to hydrolysis) is 1. The Morgan fingerprint density at radius 2 is 1.08 bits per heavy atom. The van der Waals surface area contributed by atoms with Crippen LogP contribution in [0.25, 0.3) is 0 Å². The summed E-state index contributed by atoms with van der Waals surface area (Å²) >= 11 is 0. The van der Waals surface area contributed by atoms with Crippen LogP contribution >= 0.6 is 0 Å². The maximum Gasteiger partial charge on any atom is 0.407 e. The number of nitrogens with one attached hydrogen (secondary N) is 1. The second-order valence-electron chi connectivity index (χ2n) is 7.17. The van der Waals surface area contributed by atoms with Crippen LogP contribution in [0.5, 0.6) is 0 Å². The molecule has 0 aromatic heterocycles. The lowest BCUT2D eigenvalue weighted by Crippen LogP contribution is -2.25. The summed E-state index contributed by atoms with van der Waals surface area (Å²) in [4.78, 5) is 11.6. The number of hydrogen-bond donors (Lipinski definition) is 1. The second kappa shape index (κ2) is 21.8. The molecule has 26 heavy (non-hydrogen) atoms. The number of amides is 1. The van der Waals surface area contributed by atoms with E-state index in [-0.39, 0.29) is 6.09 Å². The molecule has 0 aromatic carbocycles. The largest absolute Gasteiger partial charge is 0.450 e. The summed E-state index contributed by atoms with van der Waals surface area (Å²) in [5.74, 6) is 0. The average Bonchev–Trinajstić information content (AvgIpc) is 2.64. The van der Waals surface area contributed by atoms with E-state index in [0.29, 0.717) is 6.61 Å². The summed E-state index contributed by atoms with van der Waals surface area (Å²) in [6.45, 7) is 8.77. The normalized spacial score (nSPS) is 10.5. The van der Waals surface area contributed by atoms with Crippen molar-refractivity contribution in [3.05, 3.63) is 25.3 Å². The Morgan fingerprint density at radius 1 is 0.654 bits per heavy atom. The van der Waals surface area contributed by atoms with E-state index in [1.807, 2.05) is 12.2 Å². The Morgan fingerprint density at radius 3 is 1.58 bits per heavy atom. The van der Waals surface area contributed by atoms with Crippen LogP contribution in [0.2, 0.25) is 0 Å². The van der Waals surface area contributed by atoms with Crippen molar-refractivity contribution in [3.63, 3.8) is 0 Å². The Balaban J connectivity index is 3.15. The average molecular weight is 366 g/mol. The number of carbonyl (C=O) groups is 1. The van der Waals surface area contributed by atoms with Crippen LogP contribution in [0.3, 0.4) is 0 Å². The van der Waals surface area contributed by atoms with Crippen LogP contribution < -0.4 is 5.32 Å². The zero-order valence-electron chi connectivity index (χ0n) is 17.1. The van der Waals surface area contributed by atoms with Gasteiger partial charge in [0.05, 0.1) is 6.61 Å². The smallest absolute Gasteiger partial charge is 0.407 e. The Bertz CT molecular complexity index is 298. The number of allylic oxidation sites excluding steroid dienone is 2. The first-order valence-corrected chi connectivity index (χ1v) is 10.9. The zero-order chi connectivity index (χ0) is 19.1. The summed E-state index contributed by atoms with van der Waals surface area (Å²) in [7, 11) is 0. The molecule has 0 aliphatic heterocycles. The van der Waals surface area contributed by atoms with E-state index in [0.717, 1.165) is 38.6 Å². The van der Waals surface area contributed by atoms with E-state index in [1.54, 1.807) is 0 Å². The van der Waals surface area contributed by atoms with E-state index < -0.39 is 0 Å². The maximum absolute atomic E-state index is 11.6. The lowest BCUT2D eigenvalue weighted by atomic mass is 10.1. The minimum atomic E-state index is -0.251. The van der Waals surface area contributed by atoms with Crippen LogP contribution in [-0.4, -0.2) is 19.2 Å². The van der Waals surface area contributed by atoms with Gasteiger partial charge in [-0.15, -0.1) is 13.2 Å². The van der Waals surface area contributed by atoms with Gasteiger partial charge in [-0.1, -0.05) is 76.4 Å². The molecule has 0 aliphatic rings. The van der Waals surface area contributed by atoms with Crippen molar-refractivity contribution >= 4 is 6.09 Å². The topological polar surface area (TPSA) is 38.3 Å². The lowest BCUT2D eigenvalue weighted by molar-refractivity contribution is 0.143. The zero-order valence-corrected chi connectivity index (χ0v) is 17.1. The molecule has 152 valence electrons. The Hall–Kier alpha value is -1.25. The summed E-state index contributed by atoms with van der Waals surface area (Å²) < 4.78 is 5.22. The molecule has 3 heteroatoms. The van der Waals surface area contributed by atoms with Crippen molar-refractivity contribution in [2.45, 2.75) is 103 Å². The van der Waals surface area contributed by atoms with Gasteiger partial charge in [-0.2, -0.15) is 0 Å². The molecule has 0 saturated carbocycles. The van der Waals surface area contributed by atoms with Gasteiger partial charge in [0.1, 0.15) is 0 Å². The summed E-state index contributed by atoms with van der Waals surface area (Å²) in [6, 6.07) is 0. The predicted octanol–water partition coefficient (Wildman–Crippen LogP) is 7.33. The first-order valence-electron chi connectivity index (χ1n) is 10.9. The minimum absolute atomic E-state index is 0.251. The van der Waals surface area contributed by atoms with Crippen LogP contribution in [0, 0.1) is 0 Å². The van der Waals surface area contributed by atoms with Crippen LogP contribution in [0.4, 0.5) is 4.79 Å². The van der Waals surface area contributed by atoms with E-state index in [9.17, 15) is 4.79 Å². The molecule has 0 aliphatic carbocycles. The molecule has 0 rings (SSSR count). The fraction of sp³-hybridized carbons (Fsp3) is 0.783. The molecule has 0 aromatic rings. The Kier molecular flexibility index (Phi) is 20.7. The van der Waals surface area contributed by atoms with Crippen molar-refractivity contribution in [2.24, 2.45) is 0 Å². The lowest BCUT2D eigenvalue weighted by Gasteiger charge is -2.07. The van der Waals surface area contributed by atoms with Crippen molar-refractivity contribution < 1.29 is 9.53 Å². The third-order valence-electron chi connectivity index (χ3n) is 4.64. The van der Waals surface area contributed by atoms with Crippen LogP contribution in [0.1, 0.15) is 103 Å². The van der Waals surface area contributed by atoms with E-state index in [2.05, 4.69) is 18.5 Å². The van der Waals surface area contributed by atoms with Crippen molar-refractivity contribution in [3.8, 4) is 0 Å². The molecule has 0 unspecified atom stereocenters. The Labute approximate surface area is 162 Å². The van der Waals surface area contributed by atoms with Crippen LogP contribution in [0.15, 0.2) is 25.3 Å². The molecule has 0 spiro atoms. The van der Waals surface area contributed by atoms with Crippen molar-refractivity contribution in [2.75, 3.05) is 13.2 Å². The number of carbonyl (C=O) groups excluding carboxylic acids is 1. The highest BCUT2D eigenvalue weighted by atomic mass is 16.5. The first-order chi connectivity index (χ1) is 12.8. The molecule has 1 N–H and O–H groups in total. The summed E-state index contributed by atoms with van der Waals surface area (Å²) in [5.41, 5.74) is 0. The quantitative estimate of drug-likeness (QED) is 0.181. The molecule has 0 fully saturated rings. The first kappa shape index (κ1) is 24.8. The summed E-state index contributed by atoms with van der Waals surface area (Å²) in [5, 5.41) is 2.85. The monoisotopic (exact) mass is 365 g/mol. The third-order valence-corrected chi connectivity index (χ3v) is 4.64. The van der Waals surface area contributed by atoms with Gasteiger partial charge in [0.15, 0.2) is 0 Å². The molecule has 3 nitrogen and oxygen atoms in total. The fourth-order valence-corrected chi connectivity index (χ4v) is 2.98. The second-order valence-corrected chi connectivity index (χ2v) is 7.17. The highest BCUT2D eigenvalue weighted by Gasteiger charge is 2.00. The van der Waals surface area contributed by atoms with E-state index in [4.69, 9.17) is 4.74 Å². The van der Waals surface area contributed by atoms with Crippen molar-refractivity contribution in [1.82, 2.24) is 5.32 Å². The van der Waals surface area contributed by atoms with Gasteiger partial charge in [-0.3, -0.25) is 0 Å². The number of ether oxygens (including phenoxy) is 1. The van der Waals surface area contributed by atoms with Gasteiger partial charge in [0, 0.05) is 6.54 Å². The predicted molar refractivity (Wildman–Crippen MR) is 114 cm³/mol. The molecule has 0 heterocycles. The van der Waals surface area contributed by atoms with Gasteiger partial charge in [-0.05, 0) is 38.5 Å². The number of unbranched alkanes of at least 4 members (excludes halogenated alkanes) is 14. The van der Waals surface area contributed by atoms with Crippen molar-refractivity contribution in [1.29, 1.82) is 0 Å². The van der Waals surface area contributed by atoms with Gasteiger partial charge in [0.2, 0.25) is 0 Å². The van der Waals surface area contributed by atoms with Gasteiger partial charge in [0.25, 0.3) is 0 Å². The summed E-state index contributed by atoms with van der Waals surface area (Å²) in [6.07, 6.45) is 23.3. The van der Waals surface area contributed by atoms with Gasteiger partial charge in [-0.25, -0.2) is 4.79 Å². The van der Waals surface area contributed by atoms with Crippen LogP contribution in [-0.2, 0) is 4.74 Å². The maximum atomic E-state index is 11.6. The third kappa shape index (κ3) is 20.8. The van der Waals surface area contributed by atoms with E-state index >= 15 is 0 Å². The van der Waals surface area contributed by atoms with Gasteiger partial charge < -0.3 is 10.1 Å². The molecule has 0 bridgehead atoms. The van der Waals surface area contributed by atoms with Gasteiger partial charge >= 0.3 is 6.09 Å². The SMILES string of the molecule is C=CCCCCCCCCCNC(=O)OCCCCCCCCCC=C. The highest BCUT2D eigenvalue weighted by Crippen LogP contribution is 2.09. The molecular weight excluding hydrogens is 322 g/mol. The molecule has 0 saturated heterocycles. The molecule has 0 atom stereocenters. The molecule has 1 amide bonds. The van der Waals surface area contributed by atoms with E-state index in [1.165, 1.54) is 70.6 Å². The molecule has 0 radical (unpaired) electrons. The minimum Gasteiger partial charge on any atom is -0.450 e. The number of hydrogen-bond acceptors (Lipinski definition) is 2. The standard InChI is InChI=1S/C23H43NO2/c1-3-5-7-9-11-13-15-17-19-21-24-23(25)26-22-20-18-16-14-12-10-8-6-4-2/h3-4H,1-2,5-22H2,(H,24,25). The highest BCUT2D eigenvalue weighted by molar-refractivity contribution is 5.66. The fourth-order valence-electron chi connectivity index (χ4n) is 2.98. The molecular formula is C23H43NO2.